The molecule has 0 bridgehead atoms. The van der Waals surface area contributed by atoms with Crippen LogP contribution in [0, 0.1) is 0 Å². The van der Waals surface area contributed by atoms with E-state index in [0.717, 1.165) is 44.8 Å². The minimum absolute atomic E-state index is 0.0711. The van der Waals surface area contributed by atoms with Gasteiger partial charge in [-0.1, -0.05) is 11.6 Å². The Balaban J connectivity index is 1.53. The smallest absolute Gasteiger partial charge is 0.237 e. The standard InChI is InChI=1S/C14H20ClN5O/c1-10(14(21)17-11-2-3-11)19-4-6-20(7-5-19)13-9-16-8-12(15)18-13/h8-11H,2-7H2,1H3,(H,17,21). The fourth-order valence-corrected chi connectivity index (χ4v) is 2.68. The largest absolute Gasteiger partial charge is 0.353 e. The Bertz CT molecular complexity index is 514. The molecule has 1 N–H and O–H groups in total. The van der Waals surface area contributed by atoms with Gasteiger partial charge in [-0.2, -0.15) is 0 Å². The van der Waals surface area contributed by atoms with Gasteiger partial charge in [0, 0.05) is 32.2 Å². The molecule has 2 fully saturated rings. The molecule has 7 heteroatoms. The molecule has 2 heterocycles. The predicted octanol–water partition coefficient (Wildman–Crippen LogP) is 0.919. The number of hydrogen-bond donors (Lipinski definition) is 1. The third-order valence-electron chi connectivity index (χ3n) is 4.08. The lowest BCUT2D eigenvalue weighted by Crippen LogP contribution is -2.54. The van der Waals surface area contributed by atoms with Crippen molar-refractivity contribution in [2.45, 2.75) is 31.8 Å². The third kappa shape index (κ3) is 3.63. The van der Waals surface area contributed by atoms with E-state index in [1.807, 2.05) is 6.92 Å². The van der Waals surface area contributed by atoms with Gasteiger partial charge in [-0.3, -0.25) is 14.7 Å². The highest BCUT2D eigenvalue weighted by atomic mass is 35.5. The van der Waals surface area contributed by atoms with E-state index < -0.39 is 0 Å². The average Bonchev–Trinajstić information content (AvgIpc) is 3.30. The second-order valence-electron chi connectivity index (χ2n) is 5.68. The van der Waals surface area contributed by atoms with Gasteiger partial charge in [0.25, 0.3) is 0 Å². The maximum absolute atomic E-state index is 12.1. The Morgan fingerprint density at radius 1 is 1.33 bits per heavy atom. The highest BCUT2D eigenvalue weighted by molar-refractivity contribution is 6.29. The lowest BCUT2D eigenvalue weighted by atomic mass is 10.2. The minimum Gasteiger partial charge on any atom is -0.353 e. The van der Waals surface area contributed by atoms with E-state index in [9.17, 15) is 4.79 Å². The van der Waals surface area contributed by atoms with Crippen molar-refractivity contribution in [3.63, 3.8) is 0 Å². The van der Waals surface area contributed by atoms with Crippen LogP contribution in [0.3, 0.4) is 0 Å². The number of carbonyl (C=O) groups is 1. The first-order valence-electron chi connectivity index (χ1n) is 7.40. The number of piperazine rings is 1. The Labute approximate surface area is 129 Å². The molecule has 1 aromatic rings. The molecule has 1 aliphatic heterocycles. The van der Waals surface area contributed by atoms with Gasteiger partial charge in [-0.15, -0.1) is 0 Å². The zero-order valence-electron chi connectivity index (χ0n) is 12.1. The summed E-state index contributed by atoms with van der Waals surface area (Å²) >= 11 is 5.88. The molecular weight excluding hydrogens is 290 g/mol. The summed E-state index contributed by atoms with van der Waals surface area (Å²) in [5.41, 5.74) is 0. The number of nitrogens with one attached hydrogen (secondary N) is 1. The number of amides is 1. The van der Waals surface area contributed by atoms with Crippen molar-refractivity contribution in [1.29, 1.82) is 0 Å². The maximum atomic E-state index is 12.1. The van der Waals surface area contributed by atoms with E-state index in [1.54, 1.807) is 6.20 Å². The van der Waals surface area contributed by atoms with Crippen molar-refractivity contribution in [3.8, 4) is 0 Å². The van der Waals surface area contributed by atoms with Crippen molar-refractivity contribution in [1.82, 2.24) is 20.2 Å². The van der Waals surface area contributed by atoms with E-state index in [1.165, 1.54) is 6.20 Å². The van der Waals surface area contributed by atoms with Crippen molar-refractivity contribution < 1.29 is 4.79 Å². The highest BCUT2D eigenvalue weighted by Gasteiger charge is 2.30. The van der Waals surface area contributed by atoms with E-state index in [-0.39, 0.29) is 11.9 Å². The van der Waals surface area contributed by atoms with E-state index >= 15 is 0 Å². The van der Waals surface area contributed by atoms with Crippen LogP contribution in [0.2, 0.25) is 5.15 Å². The molecule has 0 aromatic carbocycles. The summed E-state index contributed by atoms with van der Waals surface area (Å²) in [5.74, 6) is 0.950. The average molecular weight is 310 g/mol. The fourth-order valence-electron chi connectivity index (χ4n) is 2.54. The molecule has 1 atom stereocenters. The summed E-state index contributed by atoms with van der Waals surface area (Å²) in [6, 6.07) is 0.348. The monoisotopic (exact) mass is 309 g/mol. The summed E-state index contributed by atoms with van der Waals surface area (Å²) < 4.78 is 0. The van der Waals surface area contributed by atoms with Gasteiger partial charge in [0.1, 0.15) is 11.0 Å². The molecule has 1 amide bonds. The molecule has 6 nitrogen and oxygen atoms in total. The molecule has 21 heavy (non-hydrogen) atoms. The van der Waals surface area contributed by atoms with Crippen LogP contribution in [-0.2, 0) is 4.79 Å². The van der Waals surface area contributed by atoms with Crippen LogP contribution in [0.4, 0.5) is 5.82 Å². The number of aromatic nitrogens is 2. The fraction of sp³-hybridized carbons (Fsp3) is 0.643. The molecule has 1 saturated heterocycles. The van der Waals surface area contributed by atoms with Crippen LogP contribution >= 0.6 is 11.6 Å². The number of halogens is 1. The van der Waals surface area contributed by atoms with Crippen molar-refractivity contribution in [2.24, 2.45) is 0 Å². The number of hydrogen-bond acceptors (Lipinski definition) is 5. The summed E-state index contributed by atoms with van der Waals surface area (Å²) in [4.78, 5) is 24.8. The van der Waals surface area contributed by atoms with Crippen LogP contribution < -0.4 is 10.2 Å². The first-order valence-corrected chi connectivity index (χ1v) is 7.78. The third-order valence-corrected chi connectivity index (χ3v) is 4.26. The molecule has 1 aliphatic carbocycles. The van der Waals surface area contributed by atoms with Crippen molar-refractivity contribution >= 4 is 23.3 Å². The van der Waals surface area contributed by atoms with Crippen LogP contribution in [0.15, 0.2) is 12.4 Å². The number of anilines is 1. The van der Waals surface area contributed by atoms with Gasteiger partial charge in [0.2, 0.25) is 5.91 Å². The molecule has 2 aliphatic rings. The summed E-state index contributed by atoms with van der Waals surface area (Å²) in [7, 11) is 0. The van der Waals surface area contributed by atoms with Crippen LogP contribution in [0.5, 0.6) is 0 Å². The topological polar surface area (TPSA) is 61.4 Å². The van der Waals surface area contributed by atoms with Gasteiger partial charge in [0.15, 0.2) is 0 Å². The summed E-state index contributed by atoms with van der Waals surface area (Å²) in [6.07, 6.45) is 5.51. The highest BCUT2D eigenvalue weighted by Crippen LogP contribution is 2.20. The second kappa shape index (κ2) is 6.15. The van der Waals surface area contributed by atoms with Crippen LogP contribution in [0.1, 0.15) is 19.8 Å². The molecule has 114 valence electrons. The molecule has 3 rings (SSSR count). The Morgan fingerprint density at radius 3 is 2.67 bits per heavy atom. The van der Waals surface area contributed by atoms with Crippen molar-refractivity contribution in [2.75, 3.05) is 31.1 Å². The molecular formula is C14H20ClN5O. The first-order chi connectivity index (χ1) is 10.1. The number of rotatable bonds is 4. The van der Waals surface area contributed by atoms with E-state index in [2.05, 4.69) is 25.1 Å². The lowest BCUT2D eigenvalue weighted by Gasteiger charge is -2.37. The zero-order chi connectivity index (χ0) is 14.8. The lowest BCUT2D eigenvalue weighted by molar-refractivity contribution is -0.126. The van der Waals surface area contributed by atoms with Gasteiger partial charge in [-0.25, -0.2) is 4.98 Å². The summed E-state index contributed by atoms with van der Waals surface area (Å²) in [6.45, 7) is 5.32. The molecule has 1 unspecified atom stereocenters. The van der Waals surface area contributed by atoms with Crippen LogP contribution in [0.25, 0.3) is 0 Å². The molecule has 1 aromatic heterocycles. The summed E-state index contributed by atoms with van der Waals surface area (Å²) in [5, 5.41) is 3.48. The Morgan fingerprint density at radius 2 is 2.05 bits per heavy atom. The van der Waals surface area contributed by atoms with Gasteiger partial charge < -0.3 is 10.2 Å². The Kier molecular flexibility index (Phi) is 4.26. The van der Waals surface area contributed by atoms with Gasteiger partial charge in [-0.05, 0) is 19.8 Å². The van der Waals surface area contributed by atoms with Crippen molar-refractivity contribution in [3.05, 3.63) is 17.5 Å². The second-order valence-corrected chi connectivity index (χ2v) is 6.07. The normalized spacial score (nSPS) is 21.1. The SMILES string of the molecule is CC(C(=O)NC1CC1)N1CCN(c2cncc(Cl)n2)CC1. The molecule has 1 saturated carbocycles. The van der Waals surface area contributed by atoms with Gasteiger partial charge in [0.05, 0.1) is 18.4 Å². The first kappa shape index (κ1) is 14.5. The zero-order valence-corrected chi connectivity index (χ0v) is 12.9. The minimum atomic E-state index is -0.0711. The molecule has 0 radical (unpaired) electrons. The maximum Gasteiger partial charge on any atom is 0.237 e. The predicted molar refractivity (Wildman–Crippen MR) is 81.5 cm³/mol. The van der Waals surface area contributed by atoms with Gasteiger partial charge >= 0.3 is 0 Å². The Hall–Kier alpha value is -1.40. The molecule has 0 spiro atoms. The van der Waals surface area contributed by atoms with Crippen LogP contribution in [-0.4, -0.2) is 59.0 Å². The quantitative estimate of drug-likeness (QED) is 0.896. The number of carbonyl (C=O) groups excluding carboxylic acids is 1. The van der Waals surface area contributed by atoms with E-state index in [4.69, 9.17) is 11.6 Å². The number of nitrogens with zero attached hydrogens (tertiary/aromatic N) is 4. The van der Waals surface area contributed by atoms with E-state index in [0.29, 0.717) is 11.2 Å².